The molecule has 29 heavy (non-hydrogen) atoms. The van der Waals surface area contributed by atoms with E-state index in [9.17, 15) is 14.4 Å². The van der Waals surface area contributed by atoms with Crippen molar-refractivity contribution in [2.45, 2.75) is 45.1 Å². The minimum Gasteiger partial charge on any atom is -0.453 e. The Morgan fingerprint density at radius 3 is 2.66 bits per heavy atom. The topological polar surface area (TPSA) is 96.3 Å². The van der Waals surface area contributed by atoms with Gasteiger partial charge in [-0.05, 0) is 55.5 Å². The van der Waals surface area contributed by atoms with Crippen LogP contribution in [0, 0.1) is 11.3 Å². The summed E-state index contributed by atoms with van der Waals surface area (Å²) in [6.45, 7) is 1.45. The molecule has 0 saturated carbocycles. The Morgan fingerprint density at radius 2 is 1.86 bits per heavy atom. The monoisotopic (exact) mass is 390 g/mol. The summed E-state index contributed by atoms with van der Waals surface area (Å²) >= 11 is 0. The number of hydrogen-bond donors (Lipinski definition) is 1. The van der Waals surface area contributed by atoms with Crippen molar-refractivity contribution in [3.05, 3.63) is 64.7 Å². The van der Waals surface area contributed by atoms with E-state index >= 15 is 0 Å². The normalized spacial score (nSPS) is 13.1. The Balaban J connectivity index is 1.49. The molecule has 0 fully saturated rings. The molecule has 148 valence electrons. The second-order valence-electron chi connectivity index (χ2n) is 7.04. The van der Waals surface area contributed by atoms with Gasteiger partial charge in [-0.3, -0.25) is 14.4 Å². The number of anilines is 1. The van der Waals surface area contributed by atoms with Crippen molar-refractivity contribution in [1.82, 2.24) is 0 Å². The van der Waals surface area contributed by atoms with E-state index in [4.69, 9.17) is 10.00 Å². The van der Waals surface area contributed by atoms with Crippen molar-refractivity contribution in [2.24, 2.45) is 0 Å². The number of nitrogens with one attached hydrogen (secondary N) is 1. The van der Waals surface area contributed by atoms with Gasteiger partial charge in [-0.2, -0.15) is 5.26 Å². The van der Waals surface area contributed by atoms with Crippen molar-refractivity contribution in [2.75, 3.05) is 5.32 Å². The largest absolute Gasteiger partial charge is 0.453 e. The summed E-state index contributed by atoms with van der Waals surface area (Å²) < 4.78 is 5.13. The van der Waals surface area contributed by atoms with Crippen molar-refractivity contribution < 1.29 is 19.1 Å². The molecule has 0 heterocycles. The minimum atomic E-state index is -1.04. The number of hydrogen-bond acceptors (Lipinski definition) is 5. The first-order valence-corrected chi connectivity index (χ1v) is 9.62. The highest BCUT2D eigenvalue weighted by Gasteiger charge is 2.20. The molecule has 1 aliphatic rings. The highest BCUT2D eigenvalue weighted by molar-refractivity contribution is 5.98. The number of carbonyl (C=O) groups is 3. The molecule has 3 rings (SSSR count). The molecule has 0 saturated heterocycles. The molecule has 1 N–H and O–H groups in total. The van der Waals surface area contributed by atoms with E-state index in [1.54, 1.807) is 30.3 Å². The summed E-state index contributed by atoms with van der Waals surface area (Å²) in [4.78, 5) is 36.6. The number of amides is 1. The van der Waals surface area contributed by atoms with Crippen LogP contribution in [0.4, 0.5) is 5.69 Å². The molecule has 0 bridgehead atoms. The first-order valence-electron chi connectivity index (χ1n) is 9.62. The number of carbonyl (C=O) groups excluding carboxylic acids is 3. The zero-order valence-corrected chi connectivity index (χ0v) is 16.2. The van der Waals surface area contributed by atoms with Gasteiger partial charge in [-0.15, -0.1) is 0 Å². The number of para-hydroxylation sites is 1. The molecule has 0 spiro atoms. The number of nitriles is 1. The van der Waals surface area contributed by atoms with Crippen molar-refractivity contribution in [3.63, 3.8) is 0 Å². The third-order valence-corrected chi connectivity index (χ3v) is 4.96. The number of benzene rings is 2. The van der Waals surface area contributed by atoms with Crippen LogP contribution in [0.2, 0.25) is 0 Å². The van der Waals surface area contributed by atoms with Gasteiger partial charge in [-0.25, -0.2) is 0 Å². The van der Waals surface area contributed by atoms with Crippen LogP contribution >= 0.6 is 0 Å². The van der Waals surface area contributed by atoms with Crippen LogP contribution in [0.15, 0.2) is 42.5 Å². The second kappa shape index (κ2) is 9.16. The molecule has 1 aliphatic carbocycles. The molecule has 1 atom stereocenters. The smallest absolute Gasteiger partial charge is 0.307 e. The summed E-state index contributed by atoms with van der Waals surface area (Å²) in [6, 6.07) is 14.3. The standard InChI is InChI=1S/C23H22N2O4/c1-15(23(28)25-20-8-3-2-5-19(20)14-24)29-22(27)12-11-21(26)18-10-9-16-6-4-7-17(16)13-18/h2-3,5,8-10,13,15H,4,6-7,11-12H2,1H3,(H,25,28)/t15-/m1/s1. The zero-order chi connectivity index (χ0) is 20.8. The SMILES string of the molecule is C[C@@H](OC(=O)CCC(=O)c1ccc2c(c1)CCC2)C(=O)Nc1ccccc1C#N. The Morgan fingerprint density at radius 1 is 1.10 bits per heavy atom. The van der Waals surface area contributed by atoms with Gasteiger partial charge in [-0.1, -0.05) is 24.3 Å². The average molecular weight is 390 g/mol. The number of rotatable bonds is 7. The maximum Gasteiger partial charge on any atom is 0.307 e. The van der Waals surface area contributed by atoms with Crippen LogP contribution in [0.5, 0.6) is 0 Å². The molecule has 6 nitrogen and oxygen atoms in total. The molecule has 0 radical (unpaired) electrons. The van der Waals surface area contributed by atoms with Gasteiger partial charge < -0.3 is 10.1 Å². The fourth-order valence-corrected chi connectivity index (χ4v) is 3.34. The predicted molar refractivity (Wildman–Crippen MR) is 107 cm³/mol. The summed E-state index contributed by atoms with van der Waals surface area (Å²) in [5, 5.41) is 11.6. The third kappa shape index (κ3) is 5.08. The van der Waals surface area contributed by atoms with Crippen LogP contribution in [-0.2, 0) is 27.2 Å². The van der Waals surface area contributed by atoms with Crippen LogP contribution < -0.4 is 5.32 Å². The van der Waals surface area contributed by atoms with Crippen LogP contribution in [-0.4, -0.2) is 23.8 Å². The van der Waals surface area contributed by atoms with E-state index in [2.05, 4.69) is 5.32 Å². The second-order valence-corrected chi connectivity index (χ2v) is 7.04. The van der Waals surface area contributed by atoms with Crippen LogP contribution in [0.25, 0.3) is 0 Å². The van der Waals surface area contributed by atoms with Gasteiger partial charge in [0.15, 0.2) is 11.9 Å². The number of esters is 1. The van der Waals surface area contributed by atoms with E-state index in [0.29, 0.717) is 16.8 Å². The first kappa shape index (κ1) is 20.3. The molecule has 0 aliphatic heterocycles. The first-order chi connectivity index (χ1) is 14.0. The maximum absolute atomic E-state index is 12.4. The molecule has 0 aromatic heterocycles. The highest BCUT2D eigenvalue weighted by atomic mass is 16.5. The van der Waals surface area contributed by atoms with Gasteiger partial charge in [0.05, 0.1) is 17.7 Å². The van der Waals surface area contributed by atoms with E-state index in [-0.39, 0.29) is 18.6 Å². The Kier molecular flexibility index (Phi) is 6.40. The van der Waals surface area contributed by atoms with E-state index in [0.717, 1.165) is 19.3 Å². The van der Waals surface area contributed by atoms with Gasteiger partial charge in [0.2, 0.25) is 0 Å². The predicted octanol–water partition coefficient (Wildman–Crippen LogP) is 3.58. The van der Waals surface area contributed by atoms with Crippen molar-refractivity contribution in [3.8, 4) is 6.07 Å². The van der Waals surface area contributed by atoms with Gasteiger partial charge >= 0.3 is 5.97 Å². The number of nitrogens with zero attached hydrogens (tertiary/aromatic N) is 1. The highest BCUT2D eigenvalue weighted by Crippen LogP contribution is 2.23. The summed E-state index contributed by atoms with van der Waals surface area (Å²) in [5.74, 6) is -1.27. The molecular formula is C23H22N2O4. The molecule has 1 amide bonds. The summed E-state index contributed by atoms with van der Waals surface area (Å²) in [5.41, 5.74) is 3.78. The molecule has 0 unspecified atom stereocenters. The van der Waals surface area contributed by atoms with Crippen molar-refractivity contribution >= 4 is 23.3 Å². The third-order valence-electron chi connectivity index (χ3n) is 4.96. The number of fused-ring (bicyclic) bond motifs is 1. The summed E-state index contributed by atoms with van der Waals surface area (Å²) in [7, 11) is 0. The minimum absolute atomic E-state index is 0.0310. The van der Waals surface area contributed by atoms with E-state index < -0.39 is 18.0 Å². The molecule has 2 aromatic rings. The van der Waals surface area contributed by atoms with Crippen molar-refractivity contribution in [1.29, 1.82) is 5.26 Å². The molecule has 2 aromatic carbocycles. The quantitative estimate of drug-likeness (QED) is 0.576. The van der Waals surface area contributed by atoms with E-state index in [1.807, 2.05) is 18.2 Å². The average Bonchev–Trinajstić information content (AvgIpc) is 3.20. The fourth-order valence-electron chi connectivity index (χ4n) is 3.34. The number of ether oxygens (including phenoxy) is 1. The lowest BCUT2D eigenvalue weighted by Crippen LogP contribution is -2.30. The maximum atomic E-state index is 12.4. The van der Waals surface area contributed by atoms with Crippen LogP contribution in [0.1, 0.15) is 53.2 Å². The molecular weight excluding hydrogens is 368 g/mol. The van der Waals surface area contributed by atoms with Gasteiger partial charge in [0.1, 0.15) is 6.07 Å². The number of aryl methyl sites for hydroxylation is 2. The molecule has 6 heteroatoms. The van der Waals surface area contributed by atoms with Gasteiger partial charge in [0, 0.05) is 12.0 Å². The lowest BCUT2D eigenvalue weighted by molar-refractivity contribution is -0.153. The number of Topliss-reactive ketones (excluding diaryl/α,β-unsaturated/α-hetero) is 1. The number of ketones is 1. The Labute approximate surface area is 169 Å². The Bertz CT molecular complexity index is 991. The van der Waals surface area contributed by atoms with Crippen LogP contribution in [0.3, 0.4) is 0 Å². The Hall–Kier alpha value is -3.46. The summed E-state index contributed by atoms with van der Waals surface area (Å²) in [6.07, 6.45) is 2.04. The van der Waals surface area contributed by atoms with Gasteiger partial charge in [0.25, 0.3) is 5.91 Å². The lowest BCUT2D eigenvalue weighted by Gasteiger charge is -2.14. The fraction of sp³-hybridized carbons (Fsp3) is 0.304. The van der Waals surface area contributed by atoms with E-state index in [1.165, 1.54) is 18.1 Å². The zero-order valence-electron chi connectivity index (χ0n) is 16.2. The lowest BCUT2D eigenvalue weighted by atomic mass is 10.0.